The first kappa shape index (κ1) is 8.74. The van der Waals surface area contributed by atoms with Crippen molar-refractivity contribution in [1.82, 2.24) is 0 Å². The summed E-state index contributed by atoms with van der Waals surface area (Å²) < 4.78 is 0. The Morgan fingerprint density at radius 2 is 1.64 bits per heavy atom. The Labute approximate surface area is 71.2 Å². The molecular weight excluding hydrogens is 151 g/mol. The Hall–Kier alpha value is -0.350. The van der Waals surface area contributed by atoms with Crippen LogP contribution in [0.3, 0.4) is 0 Å². The van der Waals surface area contributed by atoms with E-state index in [1.165, 1.54) is 16.7 Å². The number of benzene rings is 1. The van der Waals surface area contributed by atoms with Gasteiger partial charge < -0.3 is 0 Å². The van der Waals surface area contributed by atoms with Gasteiger partial charge in [0, 0.05) is 0 Å². The lowest BCUT2D eigenvalue weighted by Gasteiger charge is -2.07. The van der Waals surface area contributed by atoms with Crippen molar-refractivity contribution < 1.29 is 0 Å². The van der Waals surface area contributed by atoms with Gasteiger partial charge in [0.05, 0.1) is 0 Å². The lowest BCUT2D eigenvalue weighted by Crippen LogP contribution is -1.86. The highest BCUT2D eigenvalue weighted by Gasteiger charge is 1.99. The van der Waals surface area contributed by atoms with Crippen LogP contribution in [0.4, 0.5) is 0 Å². The summed E-state index contributed by atoms with van der Waals surface area (Å²) in [6, 6.07) is 6.53. The Kier molecular flexibility index (Phi) is 2.67. The number of aryl methyl sites for hydroxylation is 2. The summed E-state index contributed by atoms with van der Waals surface area (Å²) in [4.78, 5) is 0. The van der Waals surface area contributed by atoms with Crippen LogP contribution < -0.4 is 0 Å². The molecule has 2 atom stereocenters. The summed E-state index contributed by atoms with van der Waals surface area (Å²) >= 11 is 0. The fourth-order valence-electron chi connectivity index (χ4n) is 1.22. The van der Waals surface area contributed by atoms with E-state index >= 15 is 0 Å². The number of hydrogen-bond acceptors (Lipinski definition) is 0. The summed E-state index contributed by atoms with van der Waals surface area (Å²) in [5, 5.41) is 0. The second-order valence-electron chi connectivity index (χ2n) is 3.03. The molecule has 2 unspecified atom stereocenters. The first-order chi connectivity index (χ1) is 5.09. The molecule has 0 nitrogen and oxygen atoms in total. The molecule has 11 heavy (non-hydrogen) atoms. The predicted molar refractivity (Wildman–Crippen MR) is 53.7 cm³/mol. The molecule has 0 saturated heterocycles. The zero-order chi connectivity index (χ0) is 8.43. The summed E-state index contributed by atoms with van der Waals surface area (Å²) in [5.41, 5.74) is 4.24. The van der Waals surface area contributed by atoms with Crippen LogP contribution in [0.15, 0.2) is 18.2 Å². The van der Waals surface area contributed by atoms with Crippen molar-refractivity contribution in [2.75, 3.05) is 0 Å². The molecule has 1 heteroatoms. The maximum atomic E-state index is 3.95. The van der Waals surface area contributed by atoms with Crippen molar-refractivity contribution in [1.29, 1.82) is 0 Å². The van der Waals surface area contributed by atoms with Crippen LogP contribution in [0.25, 0.3) is 0 Å². The van der Waals surface area contributed by atoms with Gasteiger partial charge in [0.1, 0.15) is 0 Å². The SMILES string of the molecule is [CH2]C(P)c1cc(C)cc(C)c1. The molecule has 0 aromatic heterocycles. The van der Waals surface area contributed by atoms with Gasteiger partial charge in [-0.3, -0.25) is 0 Å². The molecule has 1 radical (unpaired) electrons. The Bertz CT molecular complexity index is 231. The third-order valence-corrected chi connectivity index (χ3v) is 2.06. The molecule has 1 rings (SSSR count). The van der Waals surface area contributed by atoms with E-state index in [0.29, 0.717) is 5.66 Å². The Morgan fingerprint density at radius 1 is 1.18 bits per heavy atom. The maximum absolute atomic E-state index is 3.95. The van der Waals surface area contributed by atoms with Gasteiger partial charge in [0.2, 0.25) is 0 Å². The standard InChI is InChI=1S/C10H14P/c1-7-4-8(2)6-10(5-7)9(3)11/h4-6,9H,3,11H2,1-2H3. The third kappa shape index (κ3) is 2.31. The molecule has 0 spiro atoms. The normalized spacial score (nSPS) is 13.1. The van der Waals surface area contributed by atoms with Crippen molar-refractivity contribution in [3.63, 3.8) is 0 Å². The minimum absolute atomic E-state index is 0.314. The van der Waals surface area contributed by atoms with Crippen LogP contribution in [0.1, 0.15) is 22.3 Å². The van der Waals surface area contributed by atoms with Crippen LogP contribution in [0, 0.1) is 20.8 Å². The highest BCUT2D eigenvalue weighted by molar-refractivity contribution is 7.17. The predicted octanol–water partition coefficient (Wildman–Crippen LogP) is 3.05. The molecular formula is C10H14P. The second kappa shape index (κ2) is 3.36. The highest BCUT2D eigenvalue weighted by Crippen LogP contribution is 2.23. The zero-order valence-electron chi connectivity index (χ0n) is 7.09. The summed E-state index contributed by atoms with van der Waals surface area (Å²) in [5.74, 6) is 0. The highest BCUT2D eigenvalue weighted by atomic mass is 31.0. The van der Waals surface area contributed by atoms with Gasteiger partial charge in [-0.25, -0.2) is 0 Å². The minimum atomic E-state index is 0.314. The number of rotatable bonds is 1. The van der Waals surface area contributed by atoms with Gasteiger partial charge in [-0.1, -0.05) is 29.3 Å². The van der Waals surface area contributed by atoms with Crippen LogP contribution in [-0.2, 0) is 0 Å². The second-order valence-corrected chi connectivity index (χ2v) is 3.83. The van der Waals surface area contributed by atoms with E-state index in [-0.39, 0.29) is 0 Å². The van der Waals surface area contributed by atoms with E-state index in [2.05, 4.69) is 48.2 Å². The van der Waals surface area contributed by atoms with Crippen molar-refractivity contribution in [3.05, 3.63) is 41.8 Å². The molecule has 0 fully saturated rings. The molecule has 0 amide bonds. The Morgan fingerprint density at radius 3 is 2.00 bits per heavy atom. The molecule has 0 N–H and O–H groups in total. The topological polar surface area (TPSA) is 0 Å². The van der Waals surface area contributed by atoms with Gasteiger partial charge >= 0.3 is 0 Å². The van der Waals surface area contributed by atoms with Crippen molar-refractivity contribution >= 4 is 9.24 Å². The van der Waals surface area contributed by atoms with Gasteiger partial charge in [-0.2, -0.15) is 0 Å². The van der Waals surface area contributed by atoms with Gasteiger partial charge in [-0.15, -0.1) is 9.24 Å². The lowest BCUT2D eigenvalue weighted by atomic mass is 10.1. The fourth-order valence-corrected chi connectivity index (χ4v) is 1.42. The van der Waals surface area contributed by atoms with Gasteiger partial charge in [0.15, 0.2) is 0 Å². The van der Waals surface area contributed by atoms with Gasteiger partial charge in [-0.05, 0) is 32.0 Å². The lowest BCUT2D eigenvalue weighted by molar-refractivity contribution is 1.19. The molecule has 1 aromatic carbocycles. The fraction of sp³-hybridized carbons (Fsp3) is 0.300. The quantitative estimate of drug-likeness (QED) is 0.561. The minimum Gasteiger partial charge on any atom is -0.130 e. The van der Waals surface area contributed by atoms with E-state index < -0.39 is 0 Å². The largest absolute Gasteiger partial charge is 0.130 e. The van der Waals surface area contributed by atoms with E-state index in [9.17, 15) is 0 Å². The summed E-state index contributed by atoms with van der Waals surface area (Å²) in [7, 11) is 2.71. The van der Waals surface area contributed by atoms with E-state index in [0.717, 1.165) is 0 Å². The maximum Gasteiger partial charge on any atom is -0.00140 e. The molecule has 1 aromatic rings. The molecule has 59 valence electrons. The van der Waals surface area contributed by atoms with Crippen molar-refractivity contribution in [2.45, 2.75) is 19.5 Å². The number of hydrogen-bond donors (Lipinski definition) is 0. The summed E-state index contributed by atoms with van der Waals surface area (Å²) in [6.07, 6.45) is 0. The van der Waals surface area contributed by atoms with Crippen LogP contribution in [0.2, 0.25) is 0 Å². The molecule has 0 aliphatic carbocycles. The van der Waals surface area contributed by atoms with Crippen LogP contribution in [0.5, 0.6) is 0 Å². The zero-order valence-corrected chi connectivity index (χ0v) is 8.25. The monoisotopic (exact) mass is 165 g/mol. The third-order valence-electron chi connectivity index (χ3n) is 1.67. The molecule has 0 saturated carbocycles. The van der Waals surface area contributed by atoms with Crippen molar-refractivity contribution in [3.8, 4) is 0 Å². The van der Waals surface area contributed by atoms with E-state index in [1.54, 1.807) is 0 Å². The van der Waals surface area contributed by atoms with E-state index in [1.807, 2.05) is 0 Å². The average Bonchev–Trinajstić information content (AvgIpc) is 1.85. The van der Waals surface area contributed by atoms with E-state index in [4.69, 9.17) is 0 Å². The Balaban J connectivity index is 3.08. The van der Waals surface area contributed by atoms with Crippen LogP contribution >= 0.6 is 9.24 Å². The first-order valence-corrected chi connectivity index (χ1v) is 4.43. The smallest absolute Gasteiger partial charge is 0.00140 e. The first-order valence-electron chi connectivity index (χ1n) is 3.76. The molecule has 0 aliphatic rings. The van der Waals surface area contributed by atoms with Crippen LogP contribution in [-0.4, -0.2) is 0 Å². The molecule has 0 bridgehead atoms. The van der Waals surface area contributed by atoms with Crippen molar-refractivity contribution in [2.24, 2.45) is 0 Å². The summed E-state index contributed by atoms with van der Waals surface area (Å²) in [6.45, 7) is 8.18. The average molecular weight is 165 g/mol. The molecule has 0 heterocycles. The van der Waals surface area contributed by atoms with Gasteiger partial charge in [0.25, 0.3) is 0 Å². The molecule has 0 aliphatic heterocycles.